The first-order valence-electron chi connectivity index (χ1n) is 9.48. The first kappa shape index (κ1) is 20.1. The molecule has 1 aromatic carbocycles. The van der Waals surface area contributed by atoms with Gasteiger partial charge < -0.3 is 9.67 Å². The van der Waals surface area contributed by atoms with Crippen molar-refractivity contribution in [3.8, 4) is 0 Å². The summed E-state index contributed by atoms with van der Waals surface area (Å²) in [6.45, 7) is 7.06. The number of unbranched alkanes of at least 4 members (excludes halogenated alkanes) is 1. The van der Waals surface area contributed by atoms with E-state index in [2.05, 4.69) is 47.0 Å². The van der Waals surface area contributed by atoms with E-state index >= 15 is 0 Å². The van der Waals surface area contributed by atoms with Crippen LogP contribution in [0.2, 0.25) is 0 Å². The monoisotopic (exact) mass is 393 g/mol. The molecule has 0 aliphatic heterocycles. The van der Waals surface area contributed by atoms with Crippen LogP contribution in [0.15, 0.2) is 53.5 Å². The lowest BCUT2D eigenvalue weighted by atomic mass is 10.1. The standard InChI is InChI=1S/C23H25N2O2S/c1-3-4-7-22-24-15-20(13-17(2)14-21-6-5-12-28-21)25(22)16-18-8-10-19(11-9-18)23(26)27/h5-6,8-13,15H,2-4,7,14,16H2,1H3,(H,26,27)/b17-13-. The zero-order chi connectivity index (χ0) is 19.9. The largest absolute Gasteiger partial charge is 0.478 e. The molecule has 0 aliphatic carbocycles. The lowest BCUT2D eigenvalue weighted by molar-refractivity contribution is 0.0697. The fraction of sp³-hybridized carbons (Fsp3) is 0.261. The maximum absolute atomic E-state index is 11.1. The summed E-state index contributed by atoms with van der Waals surface area (Å²) in [5.41, 5.74) is 3.44. The van der Waals surface area contributed by atoms with Gasteiger partial charge in [-0.2, -0.15) is 0 Å². The number of aromatic nitrogens is 2. The number of carboxylic acid groups (broad SMARTS) is 1. The number of nitrogens with zero attached hydrogens (tertiary/aromatic N) is 2. The number of hydrogen-bond acceptors (Lipinski definition) is 3. The predicted molar refractivity (Wildman–Crippen MR) is 115 cm³/mol. The van der Waals surface area contributed by atoms with Crippen LogP contribution in [0, 0.1) is 6.92 Å². The molecule has 0 unspecified atom stereocenters. The van der Waals surface area contributed by atoms with Crippen LogP contribution in [0.25, 0.3) is 6.08 Å². The summed E-state index contributed by atoms with van der Waals surface area (Å²) in [4.78, 5) is 17.0. The quantitative estimate of drug-likeness (QED) is 0.523. The molecule has 3 aromatic rings. The third kappa shape index (κ3) is 5.20. The molecule has 0 aliphatic rings. The molecule has 145 valence electrons. The second-order valence-corrected chi connectivity index (χ2v) is 7.88. The van der Waals surface area contributed by atoms with Crippen LogP contribution in [0.5, 0.6) is 0 Å². The molecule has 1 N–H and O–H groups in total. The summed E-state index contributed by atoms with van der Waals surface area (Å²) in [6, 6.07) is 11.2. The summed E-state index contributed by atoms with van der Waals surface area (Å²) in [5.74, 6) is 0.149. The number of allylic oxidation sites excluding steroid dienone is 1. The minimum Gasteiger partial charge on any atom is -0.478 e. The van der Waals surface area contributed by atoms with Crippen LogP contribution in [0.3, 0.4) is 0 Å². The van der Waals surface area contributed by atoms with Crippen LogP contribution in [0.1, 0.15) is 52.1 Å². The number of aryl methyl sites for hydroxylation is 1. The predicted octanol–water partition coefficient (Wildman–Crippen LogP) is 5.49. The third-order valence-corrected chi connectivity index (χ3v) is 5.47. The van der Waals surface area contributed by atoms with Crippen molar-refractivity contribution in [3.05, 3.63) is 88.0 Å². The van der Waals surface area contributed by atoms with Crippen LogP contribution in [-0.2, 0) is 19.4 Å². The van der Waals surface area contributed by atoms with Crippen LogP contribution in [-0.4, -0.2) is 20.6 Å². The highest BCUT2D eigenvalue weighted by Crippen LogP contribution is 2.19. The number of thiophene rings is 1. The number of benzene rings is 1. The Morgan fingerprint density at radius 2 is 2.07 bits per heavy atom. The SMILES string of the molecule is [CH2]/C(=C/c1cnc(CCCC)n1Cc1ccc(C(=O)O)cc1)Cc1cccs1. The van der Waals surface area contributed by atoms with Gasteiger partial charge in [-0.3, -0.25) is 0 Å². The average Bonchev–Trinajstić information content (AvgIpc) is 3.31. The summed E-state index contributed by atoms with van der Waals surface area (Å²) in [6.07, 6.45) is 7.98. The van der Waals surface area contributed by atoms with E-state index in [-0.39, 0.29) is 0 Å². The molecule has 0 bridgehead atoms. The van der Waals surface area contributed by atoms with Crippen LogP contribution in [0.4, 0.5) is 0 Å². The first-order chi connectivity index (χ1) is 13.6. The molecule has 1 radical (unpaired) electrons. The maximum atomic E-state index is 11.1. The number of carbonyl (C=O) groups is 1. The summed E-state index contributed by atoms with van der Waals surface area (Å²) >= 11 is 1.74. The number of rotatable bonds is 9. The molecule has 0 fully saturated rings. The highest BCUT2D eigenvalue weighted by molar-refractivity contribution is 7.09. The van der Waals surface area contributed by atoms with Crippen molar-refractivity contribution in [2.45, 2.75) is 39.2 Å². The molecule has 4 nitrogen and oxygen atoms in total. The molecule has 3 rings (SSSR count). The fourth-order valence-corrected chi connectivity index (χ4v) is 3.85. The van der Waals surface area contributed by atoms with Crippen molar-refractivity contribution in [2.24, 2.45) is 0 Å². The third-order valence-electron chi connectivity index (χ3n) is 4.60. The van der Waals surface area contributed by atoms with Gasteiger partial charge in [-0.1, -0.05) is 37.1 Å². The van der Waals surface area contributed by atoms with Gasteiger partial charge in [0.2, 0.25) is 0 Å². The van der Waals surface area contributed by atoms with Gasteiger partial charge in [0.25, 0.3) is 0 Å². The number of aromatic carboxylic acids is 1. The van der Waals surface area contributed by atoms with E-state index in [1.807, 2.05) is 18.3 Å². The maximum Gasteiger partial charge on any atom is 0.335 e. The Morgan fingerprint density at radius 1 is 1.29 bits per heavy atom. The lowest BCUT2D eigenvalue weighted by Crippen LogP contribution is -2.08. The van der Waals surface area contributed by atoms with Gasteiger partial charge in [0.05, 0.1) is 17.5 Å². The average molecular weight is 394 g/mol. The van der Waals surface area contributed by atoms with Crippen LogP contribution < -0.4 is 0 Å². The summed E-state index contributed by atoms with van der Waals surface area (Å²) in [7, 11) is 0. The Kier molecular flexibility index (Phi) is 6.82. The van der Waals surface area contributed by atoms with Gasteiger partial charge in [-0.05, 0) is 48.6 Å². The van der Waals surface area contributed by atoms with Crippen molar-refractivity contribution in [2.75, 3.05) is 0 Å². The molecule has 2 heterocycles. The smallest absolute Gasteiger partial charge is 0.335 e. The normalized spacial score (nSPS) is 11.7. The van der Waals surface area contributed by atoms with E-state index in [4.69, 9.17) is 5.11 Å². The Labute approximate surface area is 170 Å². The first-order valence-corrected chi connectivity index (χ1v) is 10.4. The minimum atomic E-state index is -0.906. The summed E-state index contributed by atoms with van der Waals surface area (Å²) < 4.78 is 2.21. The van der Waals surface area contributed by atoms with Crippen molar-refractivity contribution in [3.63, 3.8) is 0 Å². The zero-order valence-corrected chi connectivity index (χ0v) is 16.9. The Balaban J connectivity index is 1.86. The van der Waals surface area contributed by atoms with Gasteiger partial charge in [0.15, 0.2) is 0 Å². The van der Waals surface area contributed by atoms with E-state index in [1.165, 1.54) is 4.88 Å². The van der Waals surface area contributed by atoms with E-state index in [9.17, 15) is 4.79 Å². The molecule has 0 saturated heterocycles. The van der Waals surface area contributed by atoms with E-state index in [1.54, 1.807) is 23.5 Å². The number of imidazole rings is 1. The summed E-state index contributed by atoms with van der Waals surface area (Å²) in [5, 5.41) is 11.2. The fourth-order valence-electron chi connectivity index (χ4n) is 3.09. The molecular formula is C23H25N2O2S. The van der Waals surface area contributed by atoms with E-state index < -0.39 is 5.97 Å². The van der Waals surface area contributed by atoms with Gasteiger partial charge in [-0.15, -0.1) is 11.3 Å². The molecule has 0 spiro atoms. The molecule has 0 amide bonds. The van der Waals surface area contributed by atoms with E-state index in [0.29, 0.717) is 12.1 Å². The molecule has 0 saturated carbocycles. The second kappa shape index (κ2) is 9.51. The van der Waals surface area contributed by atoms with Gasteiger partial charge in [0, 0.05) is 24.3 Å². The van der Waals surface area contributed by atoms with Crippen molar-refractivity contribution in [1.29, 1.82) is 0 Å². The Bertz CT molecular complexity index is 938. The zero-order valence-electron chi connectivity index (χ0n) is 16.1. The van der Waals surface area contributed by atoms with Crippen molar-refractivity contribution >= 4 is 23.4 Å². The Hall–Kier alpha value is -2.66. The van der Waals surface area contributed by atoms with Gasteiger partial charge in [0.1, 0.15) is 5.82 Å². The van der Waals surface area contributed by atoms with Crippen LogP contribution >= 0.6 is 11.3 Å². The topological polar surface area (TPSA) is 55.1 Å². The Morgan fingerprint density at radius 3 is 2.71 bits per heavy atom. The van der Waals surface area contributed by atoms with Crippen molar-refractivity contribution in [1.82, 2.24) is 9.55 Å². The number of hydrogen-bond donors (Lipinski definition) is 1. The highest BCUT2D eigenvalue weighted by Gasteiger charge is 2.10. The molecule has 28 heavy (non-hydrogen) atoms. The molecule has 0 atom stereocenters. The second-order valence-electron chi connectivity index (χ2n) is 6.85. The van der Waals surface area contributed by atoms with Gasteiger partial charge >= 0.3 is 5.97 Å². The molecule has 5 heteroatoms. The highest BCUT2D eigenvalue weighted by atomic mass is 32.1. The van der Waals surface area contributed by atoms with Gasteiger partial charge in [-0.25, -0.2) is 9.78 Å². The molecule has 2 aromatic heterocycles. The lowest BCUT2D eigenvalue weighted by Gasteiger charge is -2.11. The molecular weight excluding hydrogens is 368 g/mol. The minimum absolute atomic E-state index is 0.302. The van der Waals surface area contributed by atoms with Crippen molar-refractivity contribution < 1.29 is 9.90 Å². The van der Waals surface area contributed by atoms with E-state index in [0.717, 1.165) is 48.3 Å². The number of carboxylic acids is 1.